The molecule has 2 atom stereocenters. The van der Waals surface area contributed by atoms with Crippen molar-refractivity contribution < 1.29 is 19.8 Å². The summed E-state index contributed by atoms with van der Waals surface area (Å²) in [6.07, 6.45) is 8.00. The quantitative estimate of drug-likeness (QED) is 0.435. The van der Waals surface area contributed by atoms with Gasteiger partial charge in [-0.25, -0.2) is 9.59 Å². The Hall–Kier alpha value is -0.820. The first-order chi connectivity index (χ1) is 10.7. The van der Waals surface area contributed by atoms with E-state index in [1.54, 1.807) is 36.2 Å². The highest BCUT2D eigenvalue weighted by atomic mass is 33.7. The fourth-order valence-electron chi connectivity index (χ4n) is 1.60. The minimum atomic E-state index is -0.947. The van der Waals surface area contributed by atoms with Crippen LogP contribution in [0.3, 0.4) is 0 Å². The third kappa shape index (κ3) is 4.35. The molecule has 0 bridgehead atoms. The molecule has 0 spiro atoms. The van der Waals surface area contributed by atoms with Gasteiger partial charge in [0.25, 0.3) is 0 Å². The Bertz CT molecular complexity index is 606. The van der Waals surface area contributed by atoms with Crippen LogP contribution in [0.4, 0.5) is 0 Å². The Morgan fingerprint density at radius 3 is 1.59 bits per heavy atom. The summed E-state index contributed by atoms with van der Waals surface area (Å²) in [5.41, 5.74) is 0.416. The molecule has 0 aliphatic heterocycles. The Morgan fingerprint density at radius 2 is 1.23 bits per heavy atom. The zero-order chi connectivity index (χ0) is 15.9. The van der Waals surface area contributed by atoms with Gasteiger partial charge in [-0.05, 0) is 65.5 Å². The van der Waals surface area contributed by atoms with Crippen molar-refractivity contribution in [3.8, 4) is 0 Å². The molecule has 2 N–H and O–H groups in total. The molecule has 4 nitrogen and oxygen atoms in total. The van der Waals surface area contributed by atoms with E-state index in [4.69, 9.17) is 0 Å². The largest absolute Gasteiger partial charge is 0.382 e. The number of carbonyl (C=O) groups excluding carboxylic acids is 2. The van der Waals surface area contributed by atoms with Gasteiger partial charge in [-0.3, -0.25) is 0 Å². The van der Waals surface area contributed by atoms with E-state index < -0.39 is 12.2 Å². The lowest BCUT2D eigenvalue weighted by atomic mass is 10.1. The van der Waals surface area contributed by atoms with E-state index >= 15 is 0 Å². The summed E-state index contributed by atoms with van der Waals surface area (Å²) in [4.78, 5) is 22.6. The molecule has 2 unspecified atom stereocenters. The topological polar surface area (TPSA) is 74.6 Å². The van der Waals surface area contributed by atoms with Gasteiger partial charge in [0.05, 0.1) is 11.1 Å². The lowest BCUT2D eigenvalue weighted by Gasteiger charge is -2.16. The summed E-state index contributed by atoms with van der Waals surface area (Å²) in [7, 11) is 5.43. The van der Waals surface area contributed by atoms with Crippen molar-refractivity contribution in [1.82, 2.24) is 0 Å². The van der Waals surface area contributed by atoms with Gasteiger partial charge in [0.1, 0.15) is 24.1 Å². The van der Waals surface area contributed by atoms with Crippen molar-refractivity contribution in [2.45, 2.75) is 12.2 Å². The first-order valence-corrected chi connectivity index (χ1v) is 10.8. The summed E-state index contributed by atoms with van der Waals surface area (Å²) in [6, 6.07) is 0. The van der Waals surface area contributed by atoms with E-state index in [0.717, 1.165) is 0 Å². The Labute approximate surface area is 142 Å². The van der Waals surface area contributed by atoms with Gasteiger partial charge < -0.3 is 10.2 Å². The highest BCUT2D eigenvalue weighted by Crippen LogP contribution is 2.51. The Balaban J connectivity index is 1.83. The summed E-state index contributed by atoms with van der Waals surface area (Å²) in [5, 5.41) is 19.8. The van der Waals surface area contributed by atoms with Gasteiger partial charge in [-0.1, -0.05) is 12.2 Å². The molecular weight excluding hydrogens is 360 g/mol. The van der Waals surface area contributed by atoms with Crippen molar-refractivity contribution in [1.29, 1.82) is 0 Å². The van der Waals surface area contributed by atoms with Gasteiger partial charge in [0, 0.05) is 9.81 Å². The van der Waals surface area contributed by atoms with E-state index in [2.05, 4.69) is 0 Å². The predicted molar refractivity (Wildman–Crippen MR) is 95.2 cm³/mol. The second-order valence-electron chi connectivity index (χ2n) is 4.08. The minimum absolute atomic E-state index is 0.208. The molecule has 8 heteroatoms. The van der Waals surface area contributed by atoms with Crippen LogP contribution in [0.1, 0.15) is 0 Å². The monoisotopic (exact) mass is 370 g/mol. The Kier molecular flexibility index (Phi) is 6.95. The van der Waals surface area contributed by atoms with E-state index in [-0.39, 0.29) is 11.1 Å². The molecule has 2 aliphatic rings. The van der Waals surface area contributed by atoms with Crippen LogP contribution in [0.5, 0.6) is 0 Å². The molecule has 2 aliphatic carbocycles. The Morgan fingerprint density at radius 1 is 0.818 bits per heavy atom. The SMILES string of the molecule is O=C=C1C=CC=C(SSSSC2=CC=CC(=C=O)C2O)C1O. The van der Waals surface area contributed by atoms with Crippen molar-refractivity contribution in [3.63, 3.8) is 0 Å². The average molecular weight is 370 g/mol. The van der Waals surface area contributed by atoms with Crippen molar-refractivity contribution in [2.75, 3.05) is 0 Å². The fraction of sp³-hybridized carbons (Fsp3) is 0.143. The molecule has 0 saturated heterocycles. The smallest absolute Gasteiger partial charge is 0.131 e. The maximum atomic E-state index is 10.6. The van der Waals surface area contributed by atoms with Gasteiger partial charge in [-0.15, -0.1) is 0 Å². The number of aliphatic hydroxyl groups is 2. The van der Waals surface area contributed by atoms with Crippen molar-refractivity contribution in [3.05, 3.63) is 57.4 Å². The van der Waals surface area contributed by atoms with Gasteiger partial charge in [0.2, 0.25) is 0 Å². The zero-order valence-electron chi connectivity index (χ0n) is 11.0. The first kappa shape index (κ1) is 17.5. The summed E-state index contributed by atoms with van der Waals surface area (Å²) in [5.74, 6) is 3.42. The van der Waals surface area contributed by atoms with Crippen LogP contribution in [0.2, 0.25) is 0 Å². The van der Waals surface area contributed by atoms with E-state index in [1.807, 2.05) is 0 Å². The lowest BCUT2D eigenvalue weighted by Crippen LogP contribution is -2.13. The number of aliphatic hydroxyl groups excluding tert-OH is 2. The molecule has 0 heterocycles. The summed E-state index contributed by atoms with van der Waals surface area (Å²) in [6.45, 7) is 0. The maximum Gasteiger partial charge on any atom is 0.131 e. The molecule has 0 radical (unpaired) electrons. The molecule has 2 rings (SSSR count). The molecule has 0 amide bonds. The fourth-order valence-corrected chi connectivity index (χ4v) is 7.45. The van der Waals surface area contributed by atoms with Gasteiger partial charge in [0.15, 0.2) is 0 Å². The zero-order valence-corrected chi connectivity index (χ0v) is 14.2. The summed E-state index contributed by atoms with van der Waals surface area (Å²) < 4.78 is 0. The number of allylic oxidation sites excluding steroid dienone is 4. The second kappa shape index (κ2) is 8.72. The first-order valence-electron chi connectivity index (χ1n) is 5.98. The van der Waals surface area contributed by atoms with Gasteiger partial charge in [-0.2, -0.15) is 0 Å². The van der Waals surface area contributed by atoms with Crippen LogP contribution < -0.4 is 0 Å². The molecule has 0 aromatic heterocycles. The average Bonchev–Trinajstić information content (AvgIpc) is 2.54. The van der Waals surface area contributed by atoms with Crippen LogP contribution in [0.15, 0.2) is 57.4 Å². The van der Waals surface area contributed by atoms with Crippen molar-refractivity contribution >= 4 is 53.1 Å². The second-order valence-corrected chi connectivity index (χ2v) is 9.89. The maximum absolute atomic E-state index is 10.6. The van der Waals surface area contributed by atoms with E-state index in [1.165, 1.54) is 53.4 Å². The van der Waals surface area contributed by atoms with Crippen molar-refractivity contribution in [2.24, 2.45) is 0 Å². The van der Waals surface area contributed by atoms with Crippen LogP contribution in [0.25, 0.3) is 0 Å². The van der Waals surface area contributed by atoms with Crippen LogP contribution >= 0.6 is 41.2 Å². The normalized spacial score (nSPS) is 23.7. The molecule has 114 valence electrons. The number of hydrogen-bond acceptors (Lipinski definition) is 8. The van der Waals surface area contributed by atoms with E-state index in [9.17, 15) is 19.8 Å². The molecular formula is C14H10O4S4. The lowest BCUT2D eigenvalue weighted by molar-refractivity contribution is 0.259. The van der Waals surface area contributed by atoms with Crippen LogP contribution in [0, 0.1) is 0 Å². The van der Waals surface area contributed by atoms with Crippen LogP contribution in [-0.2, 0) is 9.59 Å². The number of rotatable bonds is 5. The van der Waals surface area contributed by atoms with Gasteiger partial charge >= 0.3 is 0 Å². The molecule has 0 saturated carbocycles. The molecule has 0 aromatic carbocycles. The molecule has 22 heavy (non-hydrogen) atoms. The standard InChI is InChI=1S/C14H10O4S4/c15-7-9-3-1-5-11(13(9)17)19-21-22-20-12-6-2-4-10(8-16)14(12)18/h1-6,13-14,17-18H. The highest BCUT2D eigenvalue weighted by Gasteiger charge is 2.21. The van der Waals surface area contributed by atoms with E-state index in [0.29, 0.717) is 9.81 Å². The highest BCUT2D eigenvalue weighted by molar-refractivity contribution is 9.26. The third-order valence-electron chi connectivity index (χ3n) is 2.72. The minimum Gasteiger partial charge on any atom is -0.382 e. The van der Waals surface area contributed by atoms with Crippen LogP contribution in [-0.4, -0.2) is 34.3 Å². The summed E-state index contributed by atoms with van der Waals surface area (Å²) >= 11 is 0. The predicted octanol–water partition coefficient (Wildman–Crippen LogP) is 2.81. The molecule has 0 fully saturated rings. The molecule has 0 aromatic rings. The third-order valence-corrected chi connectivity index (χ3v) is 8.97. The number of hydrogen-bond donors (Lipinski definition) is 2.